The van der Waals surface area contributed by atoms with Crippen LogP contribution in [0.1, 0.15) is 23.6 Å². The molecular formula is C23H24ClN3O6. The van der Waals surface area contributed by atoms with E-state index in [4.69, 9.17) is 16.3 Å². The zero-order valence-electron chi connectivity index (χ0n) is 18.4. The molecule has 1 N–H and O–H groups in total. The highest BCUT2D eigenvalue weighted by molar-refractivity contribution is 6.46. The van der Waals surface area contributed by atoms with Gasteiger partial charge < -0.3 is 19.6 Å². The van der Waals surface area contributed by atoms with Gasteiger partial charge >= 0.3 is 0 Å². The van der Waals surface area contributed by atoms with E-state index in [1.54, 1.807) is 6.07 Å². The van der Waals surface area contributed by atoms with Crippen LogP contribution in [-0.4, -0.2) is 65.8 Å². The van der Waals surface area contributed by atoms with E-state index < -0.39 is 28.4 Å². The lowest BCUT2D eigenvalue weighted by Gasteiger charge is -2.25. The number of halogens is 1. The van der Waals surface area contributed by atoms with Gasteiger partial charge in [0.1, 0.15) is 11.5 Å². The van der Waals surface area contributed by atoms with Crippen LogP contribution in [0.5, 0.6) is 5.75 Å². The van der Waals surface area contributed by atoms with Gasteiger partial charge in [-0.3, -0.25) is 19.7 Å². The second-order valence-corrected chi connectivity index (χ2v) is 8.26. The zero-order chi connectivity index (χ0) is 24.3. The summed E-state index contributed by atoms with van der Waals surface area (Å²) in [5, 5.41) is 22.6. The third kappa shape index (κ3) is 4.99. The Labute approximate surface area is 196 Å². The summed E-state index contributed by atoms with van der Waals surface area (Å²) in [5.41, 5.74) is 0.252. The van der Waals surface area contributed by atoms with Crippen molar-refractivity contribution in [3.8, 4) is 5.75 Å². The number of nitrogens with zero attached hydrogens (tertiary/aromatic N) is 3. The SMILES string of the molecule is COc1ccc(C(O)=C2C(=O)C(=O)N(CCCN(C)C)[C@@H]2c2cccc([N+](=O)[O-])c2)cc1Cl. The lowest BCUT2D eigenvalue weighted by atomic mass is 9.95. The number of nitro groups is 1. The average molecular weight is 474 g/mol. The van der Waals surface area contributed by atoms with E-state index in [0.717, 1.165) is 0 Å². The number of likely N-dealkylation sites (tertiary alicyclic amines) is 1. The summed E-state index contributed by atoms with van der Waals surface area (Å²) in [7, 11) is 5.22. The molecule has 2 aromatic carbocycles. The molecule has 9 nitrogen and oxygen atoms in total. The summed E-state index contributed by atoms with van der Waals surface area (Å²) >= 11 is 6.18. The fourth-order valence-electron chi connectivity index (χ4n) is 3.79. The number of ether oxygens (including phenoxy) is 1. The molecule has 0 aromatic heterocycles. The van der Waals surface area contributed by atoms with Crippen LogP contribution in [0.2, 0.25) is 5.02 Å². The van der Waals surface area contributed by atoms with Gasteiger partial charge in [0.25, 0.3) is 17.4 Å². The van der Waals surface area contributed by atoms with Gasteiger partial charge in [0.15, 0.2) is 0 Å². The number of aliphatic hydroxyl groups excluding tert-OH is 1. The van der Waals surface area contributed by atoms with E-state index in [2.05, 4.69) is 0 Å². The number of carbonyl (C=O) groups is 2. The van der Waals surface area contributed by atoms with E-state index in [0.29, 0.717) is 24.3 Å². The molecule has 174 valence electrons. The summed E-state index contributed by atoms with van der Waals surface area (Å²) in [4.78, 5) is 40.0. The van der Waals surface area contributed by atoms with Crippen molar-refractivity contribution in [1.29, 1.82) is 0 Å². The Kier molecular flexibility index (Phi) is 7.35. The van der Waals surface area contributed by atoms with Crippen LogP contribution in [0.15, 0.2) is 48.0 Å². The molecule has 1 atom stereocenters. The predicted molar refractivity (Wildman–Crippen MR) is 123 cm³/mol. The molecule has 3 rings (SSSR count). The maximum absolute atomic E-state index is 13.0. The number of hydrogen-bond acceptors (Lipinski definition) is 7. The summed E-state index contributed by atoms with van der Waals surface area (Å²) in [6.45, 7) is 0.898. The van der Waals surface area contributed by atoms with Gasteiger partial charge in [-0.25, -0.2) is 0 Å². The van der Waals surface area contributed by atoms with Crippen LogP contribution in [0.25, 0.3) is 5.76 Å². The monoisotopic (exact) mass is 473 g/mol. The van der Waals surface area contributed by atoms with Crippen molar-refractivity contribution in [2.45, 2.75) is 12.5 Å². The minimum Gasteiger partial charge on any atom is -0.507 e. The molecule has 0 unspecified atom stereocenters. The summed E-state index contributed by atoms with van der Waals surface area (Å²) < 4.78 is 5.12. The van der Waals surface area contributed by atoms with E-state index in [1.165, 1.54) is 48.4 Å². The Balaban J connectivity index is 2.15. The van der Waals surface area contributed by atoms with Crippen LogP contribution in [0.3, 0.4) is 0 Å². The van der Waals surface area contributed by atoms with Gasteiger partial charge in [-0.05, 0) is 50.8 Å². The van der Waals surface area contributed by atoms with Crippen molar-refractivity contribution < 1.29 is 24.4 Å². The molecule has 1 amide bonds. The van der Waals surface area contributed by atoms with Crippen molar-refractivity contribution >= 4 is 34.7 Å². The molecule has 2 aromatic rings. The maximum atomic E-state index is 13.0. The molecular weight excluding hydrogens is 450 g/mol. The first-order chi connectivity index (χ1) is 15.6. The van der Waals surface area contributed by atoms with Crippen LogP contribution in [0.4, 0.5) is 5.69 Å². The first-order valence-electron chi connectivity index (χ1n) is 10.2. The van der Waals surface area contributed by atoms with E-state index in [-0.39, 0.29) is 28.4 Å². The number of hydrogen-bond donors (Lipinski definition) is 1. The van der Waals surface area contributed by atoms with Crippen molar-refractivity contribution in [2.24, 2.45) is 0 Å². The molecule has 1 heterocycles. The topological polar surface area (TPSA) is 113 Å². The number of nitro benzene ring substituents is 1. The fraction of sp³-hybridized carbons (Fsp3) is 0.304. The third-order valence-corrected chi connectivity index (χ3v) is 5.66. The summed E-state index contributed by atoms with van der Waals surface area (Å²) in [6, 6.07) is 9.22. The number of aliphatic hydroxyl groups is 1. The molecule has 1 fully saturated rings. The van der Waals surface area contributed by atoms with Crippen LogP contribution >= 0.6 is 11.6 Å². The Morgan fingerprint density at radius 2 is 1.97 bits per heavy atom. The molecule has 0 bridgehead atoms. The molecule has 0 saturated carbocycles. The van der Waals surface area contributed by atoms with Crippen LogP contribution in [-0.2, 0) is 9.59 Å². The minimum atomic E-state index is -0.979. The zero-order valence-corrected chi connectivity index (χ0v) is 19.2. The number of methoxy groups -OCH3 is 1. The van der Waals surface area contributed by atoms with Crippen LogP contribution in [0, 0.1) is 10.1 Å². The number of ketones is 1. The van der Waals surface area contributed by atoms with E-state index in [1.807, 2.05) is 19.0 Å². The van der Waals surface area contributed by atoms with Gasteiger partial charge in [-0.15, -0.1) is 0 Å². The first kappa shape index (κ1) is 24.2. The smallest absolute Gasteiger partial charge is 0.295 e. The van der Waals surface area contributed by atoms with Gasteiger partial charge in [-0.1, -0.05) is 23.7 Å². The number of Topliss-reactive ketones (excluding diaryl/α,β-unsaturated/α-hetero) is 1. The molecule has 0 radical (unpaired) electrons. The number of carbonyl (C=O) groups excluding carboxylic acids is 2. The van der Waals surface area contributed by atoms with Gasteiger partial charge in [-0.2, -0.15) is 0 Å². The fourth-order valence-corrected chi connectivity index (χ4v) is 4.05. The quantitative estimate of drug-likeness (QED) is 0.205. The van der Waals surface area contributed by atoms with Gasteiger partial charge in [0, 0.05) is 24.2 Å². The van der Waals surface area contributed by atoms with E-state index in [9.17, 15) is 24.8 Å². The predicted octanol–water partition coefficient (Wildman–Crippen LogP) is 3.63. The van der Waals surface area contributed by atoms with Crippen molar-refractivity contribution in [2.75, 3.05) is 34.3 Å². The molecule has 1 saturated heterocycles. The normalized spacial score (nSPS) is 17.6. The third-order valence-electron chi connectivity index (χ3n) is 5.37. The Morgan fingerprint density at radius 1 is 1.24 bits per heavy atom. The van der Waals surface area contributed by atoms with Gasteiger partial charge in [0.2, 0.25) is 0 Å². The minimum absolute atomic E-state index is 0.147. The highest BCUT2D eigenvalue weighted by Crippen LogP contribution is 2.41. The number of non-ortho nitro benzene ring substituents is 1. The highest BCUT2D eigenvalue weighted by Gasteiger charge is 2.46. The standard InChI is InChI=1S/C23H24ClN3O6/c1-25(2)10-5-11-26-20(14-6-4-7-16(12-14)27(31)32)19(22(29)23(26)30)21(28)15-8-9-18(33-3)17(24)13-15/h4,6-9,12-13,20,28H,5,10-11H2,1-3H3/t20-/m1/s1. The van der Waals surface area contributed by atoms with Gasteiger partial charge in [0.05, 0.1) is 28.7 Å². The van der Waals surface area contributed by atoms with Crippen molar-refractivity contribution in [1.82, 2.24) is 9.80 Å². The number of benzene rings is 2. The second-order valence-electron chi connectivity index (χ2n) is 7.85. The summed E-state index contributed by atoms with van der Waals surface area (Å²) in [6.07, 6.45) is 0.569. The molecule has 0 aliphatic carbocycles. The molecule has 1 aliphatic heterocycles. The first-order valence-corrected chi connectivity index (χ1v) is 10.5. The highest BCUT2D eigenvalue weighted by atomic mass is 35.5. The largest absolute Gasteiger partial charge is 0.507 e. The average Bonchev–Trinajstić information content (AvgIpc) is 3.03. The lowest BCUT2D eigenvalue weighted by Crippen LogP contribution is -2.32. The maximum Gasteiger partial charge on any atom is 0.295 e. The van der Waals surface area contributed by atoms with Crippen LogP contribution < -0.4 is 4.74 Å². The molecule has 0 spiro atoms. The molecule has 1 aliphatic rings. The van der Waals surface area contributed by atoms with E-state index >= 15 is 0 Å². The van der Waals surface area contributed by atoms with Crippen molar-refractivity contribution in [3.05, 3.63) is 74.3 Å². The Morgan fingerprint density at radius 3 is 2.58 bits per heavy atom. The molecule has 33 heavy (non-hydrogen) atoms. The number of rotatable bonds is 8. The summed E-state index contributed by atoms with van der Waals surface area (Å²) in [5.74, 6) is -1.66. The second kappa shape index (κ2) is 10.0. The number of amides is 1. The molecule has 10 heteroatoms. The van der Waals surface area contributed by atoms with Crippen molar-refractivity contribution in [3.63, 3.8) is 0 Å². The lowest BCUT2D eigenvalue weighted by molar-refractivity contribution is -0.384. The Hall–Kier alpha value is -3.43. The Bertz CT molecular complexity index is 1130.